The Hall–Kier alpha value is -4.21. The van der Waals surface area contributed by atoms with Crippen molar-refractivity contribution in [3.8, 4) is 23.4 Å². The van der Waals surface area contributed by atoms with Crippen molar-refractivity contribution in [3.63, 3.8) is 0 Å². The molecule has 2 heterocycles. The van der Waals surface area contributed by atoms with Gasteiger partial charge in [0.15, 0.2) is 6.61 Å². The van der Waals surface area contributed by atoms with Gasteiger partial charge < -0.3 is 31.2 Å². The average Bonchev–Trinajstić information content (AvgIpc) is 2.65. The van der Waals surface area contributed by atoms with Crippen molar-refractivity contribution < 1.29 is 42.4 Å². The lowest BCUT2D eigenvalue weighted by atomic mass is 9.99. The molecular formula is C17H13F3N4O6. The number of ether oxygens (including phenoxy) is 2. The van der Waals surface area contributed by atoms with Crippen LogP contribution in [0.25, 0.3) is 0 Å². The summed E-state index contributed by atoms with van der Waals surface area (Å²) in [6.07, 6.45) is -4.66. The molecule has 0 spiro atoms. The highest BCUT2D eigenvalue weighted by Gasteiger charge is 2.38. The Bertz CT molecular complexity index is 1050. The zero-order valence-corrected chi connectivity index (χ0v) is 14.9. The Morgan fingerprint density at radius 1 is 1.30 bits per heavy atom. The van der Waals surface area contributed by atoms with Crippen molar-refractivity contribution in [2.24, 2.45) is 0 Å². The maximum Gasteiger partial charge on any atom is 0.490 e. The smallest absolute Gasteiger partial charge is 0.482 e. The number of nitrogens with zero attached hydrogens (tertiary/aromatic N) is 2. The molecule has 0 aliphatic carbocycles. The maximum atomic E-state index is 10.6. The predicted octanol–water partition coefficient (Wildman–Crippen LogP) is 1.91. The number of hydrogen-bond donors (Lipinski definition) is 4. The second-order valence-corrected chi connectivity index (χ2v) is 5.71. The van der Waals surface area contributed by atoms with Gasteiger partial charge in [0.25, 0.3) is 0 Å². The highest BCUT2D eigenvalue weighted by atomic mass is 19.4. The molecule has 0 saturated carbocycles. The van der Waals surface area contributed by atoms with E-state index in [4.69, 9.17) is 41.2 Å². The predicted molar refractivity (Wildman–Crippen MR) is 93.9 cm³/mol. The molecule has 2 aromatic rings. The van der Waals surface area contributed by atoms with Crippen LogP contribution in [-0.4, -0.2) is 39.9 Å². The van der Waals surface area contributed by atoms with E-state index in [9.17, 15) is 18.0 Å². The van der Waals surface area contributed by atoms with Gasteiger partial charge in [0.2, 0.25) is 5.88 Å². The van der Waals surface area contributed by atoms with Gasteiger partial charge in [0.05, 0.1) is 5.69 Å². The summed E-state index contributed by atoms with van der Waals surface area (Å²) in [5, 5.41) is 24.8. The van der Waals surface area contributed by atoms with E-state index >= 15 is 0 Å². The SMILES string of the molecule is N#Cc1c(N)nc2c(c1N)Cc1ccc(OCC(=O)O)cc1O2.O=C(O)C(F)(F)F. The minimum absolute atomic E-state index is 0.00508. The van der Waals surface area contributed by atoms with Crippen molar-refractivity contribution in [2.75, 3.05) is 18.1 Å². The van der Waals surface area contributed by atoms with Crippen molar-refractivity contribution in [3.05, 3.63) is 34.9 Å². The van der Waals surface area contributed by atoms with E-state index in [1.807, 2.05) is 6.07 Å². The van der Waals surface area contributed by atoms with Gasteiger partial charge in [-0.05, 0) is 11.6 Å². The van der Waals surface area contributed by atoms with E-state index in [1.54, 1.807) is 18.2 Å². The number of rotatable bonds is 3. The van der Waals surface area contributed by atoms with Crippen LogP contribution in [0, 0.1) is 11.3 Å². The number of aliphatic carboxylic acids is 2. The fourth-order valence-electron chi connectivity index (χ4n) is 2.31. The Balaban J connectivity index is 0.000000396. The molecule has 30 heavy (non-hydrogen) atoms. The number of alkyl halides is 3. The van der Waals surface area contributed by atoms with Gasteiger partial charge in [0, 0.05) is 18.1 Å². The number of anilines is 2. The van der Waals surface area contributed by atoms with Gasteiger partial charge in [-0.15, -0.1) is 0 Å². The number of carboxylic acids is 2. The van der Waals surface area contributed by atoms with Crippen LogP contribution >= 0.6 is 0 Å². The number of halogens is 3. The highest BCUT2D eigenvalue weighted by Crippen LogP contribution is 2.41. The highest BCUT2D eigenvalue weighted by molar-refractivity contribution is 5.73. The number of nitriles is 1. The minimum Gasteiger partial charge on any atom is -0.482 e. The van der Waals surface area contributed by atoms with E-state index in [1.165, 1.54) is 0 Å². The summed E-state index contributed by atoms with van der Waals surface area (Å²) in [5.74, 6) is -2.74. The average molecular weight is 426 g/mol. The van der Waals surface area contributed by atoms with Gasteiger partial charge in [-0.25, -0.2) is 9.59 Å². The van der Waals surface area contributed by atoms with Crippen molar-refractivity contribution in [2.45, 2.75) is 12.6 Å². The molecule has 0 bridgehead atoms. The molecule has 13 heteroatoms. The van der Waals surface area contributed by atoms with Crippen LogP contribution in [-0.2, 0) is 16.0 Å². The molecule has 0 unspecified atom stereocenters. The molecule has 1 aromatic heterocycles. The lowest BCUT2D eigenvalue weighted by Gasteiger charge is -2.22. The van der Waals surface area contributed by atoms with Crippen LogP contribution in [0.3, 0.4) is 0 Å². The van der Waals surface area contributed by atoms with Crippen molar-refractivity contribution in [1.29, 1.82) is 5.26 Å². The Kier molecular flexibility index (Phi) is 6.21. The van der Waals surface area contributed by atoms with E-state index in [-0.39, 0.29) is 22.9 Å². The number of fused-ring (bicyclic) bond motifs is 2. The first kappa shape index (κ1) is 22.1. The second kappa shape index (κ2) is 8.43. The van der Waals surface area contributed by atoms with E-state index in [2.05, 4.69) is 4.98 Å². The number of nitrogen functional groups attached to an aromatic ring is 2. The van der Waals surface area contributed by atoms with Crippen LogP contribution in [0.15, 0.2) is 18.2 Å². The number of nitrogens with two attached hydrogens (primary N) is 2. The minimum atomic E-state index is -5.08. The third-order valence-electron chi connectivity index (χ3n) is 3.66. The molecule has 158 valence electrons. The van der Waals surface area contributed by atoms with Gasteiger partial charge >= 0.3 is 18.1 Å². The number of benzene rings is 1. The van der Waals surface area contributed by atoms with Gasteiger partial charge in [-0.3, -0.25) is 0 Å². The molecule has 0 fully saturated rings. The first-order valence-corrected chi connectivity index (χ1v) is 7.87. The summed E-state index contributed by atoms with van der Waals surface area (Å²) in [7, 11) is 0. The molecule has 6 N–H and O–H groups in total. The largest absolute Gasteiger partial charge is 0.490 e. The number of hydrogen-bond acceptors (Lipinski definition) is 8. The molecule has 1 aliphatic rings. The molecule has 1 aromatic carbocycles. The van der Waals surface area contributed by atoms with Crippen LogP contribution in [0.5, 0.6) is 17.4 Å². The third kappa shape index (κ3) is 4.98. The standard InChI is InChI=1S/C15H12N4O4.C2HF3O2/c16-5-10-13(17)9-3-7-1-2-8(22-6-12(20)21)4-11(7)23-15(9)19-14(10)18;3-2(4,5)1(6)7/h1-2,4H,3,6H2,(H,20,21)(H4,17,18,19);(H,6,7). The van der Waals surface area contributed by atoms with Crippen molar-refractivity contribution >= 4 is 23.4 Å². The van der Waals surface area contributed by atoms with E-state index in [0.717, 1.165) is 5.56 Å². The first-order chi connectivity index (χ1) is 13.9. The third-order valence-corrected chi connectivity index (χ3v) is 3.66. The maximum absolute atomic E-state index is 10.6. The van der Waals surface area contributed by atoms with Gasteiger partial charge in [0.1, 0.15) is 28.9 Å². The topological polar surface area (TPSA) is 182 Å². The number of carbonyl (C=O) groups is 2. The summed E-state index contributed by atoms with van der Waals surface area (Å²) in [5.41, 5.74) is 13.5. The summed E-state index contributed by atoms with van der Waals surface area (Å²) in [6.45, 7) is -0.445. The fraction of sp³-hybridized carbons (Fsp3) is 0.176. The zero-order chi connectivity index (χ0) is 22.6. The van der Waals surface area contributed by atoms with Crippen molar-refractivity contribution in [1.82, 2.24) is 4.98 Å². The van der Waals surface area contributed by atoms with Gasteiger partial charge in [-0.2, -0.15) is 23.4 Å². The lowest BCUT2D eigenvalue weighted by Crippen LogP contribution is -2.21. The quantitative estimate of drug-likeness (QED) is 0.483. The summed E-state index contributed by atoms with van der Waals surface area (Å²) >= 11 is 0. The number of carboxylic acid groups (broad SMARTS) is 2. The Morgan fingerprint density at radius 2 is 1.93 bits per heavy atom. The van der Waals surface area contributed by atoms with Crippen LogP contribution in [0.1, 0.15) is 16.7 Å². The Morgan fingerprint density at radius 3 is 2.47 bits per heavy atom. The molecule has 0 radical (unpaired) electrons. The summed E-state index contributed by atoms with van der Waals surface area (Å²) < 4.78 is 42.5. The normalized spacial score (nSPS) is 11.5. The zero-order valence-electron chi connectivity index (χ0n) is 14.9. The first-order valence-electron chi connectivity index (χ1n) is 7.87. The lowest BCUT2D eigenvalue weighted by molar-refractivity contribution is -0.192. The monoisotopic (exact) mass is 426 g/mol. The summed E-state index contributed by atoms with van der Waals surface area (Å²) in [4.78, 5) is 23.5. The van der Waals surface area contributed by atoms with Crippen LogP contribution in [0.2, 0.25) is 0 Å². The van der Waals surface area contributed by atoms with E-state index < -0.39 is 24.7 Å². The fourth-order valence-corrected chi connectivity index (χ4v) is 2.31. The number of pyridine rings is 1. The molecule has 0 saturated heterocycles. The molecular weight excluding hydrogens is 413 g/mol. The summed E-state index contributed by atoms with van der Waals surface area (Å²) in [6, 6.07) is 6.90. The molecule has 3 rings (SSSR count). The molecule has 10 nitrogen and oxygen atoms in total. The Labute approximate surface area is 166 Å². The molecule has 0 atom stereocenters. The van der Waals surface area contributed by atoms with Crippen LogP contribution in [0.4, 0.5) is 24.7 Å². The van der Waals surface area contributed by atoms with E-state index in [0.29, 0.717) is 23.5 Å². The van der Waals surface area contributed by atoms with Gasteiger partial charge in [-0.1, -0.05) is 6.07 Å². The molecule has 1 aliphatic heterocycles. The van der Waals surface area contributed by atoms with Crippen LogP contribution < -0.4 is 20.9 Å². The number of aromatic nitrogens is 1. The molecule has 0 amide bonds. The second-order valence-electron chi connectivity index (χ2n) is 5.71.